The van der Waals surface area contributed by atoms with Gasteiger partial charge in [0.25, 0.3) is 0 Å². The lowest BCUT2D eigenvalue weighted by Gasteiger charge is -2.15. The molecule has 0 fully saturated rings. The minimum atomic E-state index is -4.96. The number of ether oxygens (including phenoxy) is 1. The number of hydrogen-bond donors (Lipinski definition) is 1. The monoisotopic (exact) mass is 385 g/mol. The van der Waals surface area contributed by atoms with Crippen LogP contribution in [-0.2, 0) is 4.79 Å². The van der Waals surface area contributed by atoms with E-state index in [9.17, 15) is 18.0 Å². The maximum Gasteiger partial charge on any atom is 0.471 e. The van der Waals surface area contributed by atoms with Gasteiger partial charge in [-0.15, -0.1) is 0 Å². The van der Waals surface area contributed by atoms with E-state index in [1.54, 1.807) is 24.3 Å². The first-order valence-corrected chi connectivity index (χ1v) is 8.51. The van der Waals surface area contributed by atoms with Crippen LogP contribution in [0.3, 0.4) is 0 Å². The Bertz CT molecular complexity index is 1010. The van der Waals surface area contributed by atoms with Crippen LogP contribution in [0.15, 0.2) is 66.7 Å². The van der Waals surface area contributed by atoms with Gasteiger partial charge in [0.1, 0.15) is 5.75 Å². The standard InChI is InChI=1S/C22H18F3NO2/c1-14-6-5-7-15(10-14)16-11-17(13-18(12-16)28-2)19-8-3-4-9-20(19)26-21(27)22(23,24)25/h3-13H,1-2H3,(H,26,27). The summed E-state index contributed by atoms with van der Waals surface area (Å²) in [6.45, 7) is 1.98. The van der Waals surface area contributed by atoms with E-state index in [1.807, 2.05) is 48.6 Å². The van der Waals surface area contributed by atoms with E-state index < -0.39 is 12.1 Å². The maximum atomic E-state index is 12.7. The highest BCUT2D eigenvalue weighted by Gasteiger charge is 2.39. The Hall–Kier alpha value is -3.28. The van der Waals surface area contributed by atoms with Crippen molar-refractivity contribution in [2.75, 3.05) is 12.4 Å². The summed E-state index contributed by atoms with van der Waals surface area (Å²) < 4.78 is 43.4. The van der Waals surface area contributed by atoms with E-state index in [0.29, 0.717) is 16.9 Å². The number of halogens is 3. The number of benzene rings is 3. The molecule has 0 saturated heterocycles. The van der Waals surface area contributed by atoms with Gasteiger partial charge in [-0.25, -0.2) is 0 Å². The predicted octanol–water partition coefficient (Wildman–Crippen LogP) is 5.84. The summed E-state index contributed by atoms with van der Waals surface area (Å²) in [7, 11) is 1.52. The zero-order valence-electron chi connectivity index (χ0n) is 15.3. The molecule has 28 heavy (non-hydrogen) atoms. The van der Waals surface area contributed by atoms with Gasteiger partial charge in [0.15, 0.2) is 0 Å². The SMILES string of the molecule is COc1cc(-c2cccc(C)c2)cc(-c2ccccc2NC(=O)C(F)(F)F)c1. The largest absolute Gasteiger partial charge is 0.497 e. The first kappa shape index (κ1) is 19.5. The van der Waals surface area contributed by atoms with Gasteiger partial charge in [0, 0.05) is 11.3 Å². The van der Waals surface area contributed by atoms with Crippen molar-refractivity contribution in [2.45, 2.75) is 13.1 Å². The van der Waals surface area contributed by atoms with Gasteiger partial charge in [-0.05, 0) is 47.9 Å². The minimum absolute atomic E-state index is 0.0771. The summed E-state index contributed by atoms with van der Waals surface area (Å²) in [5, 5.41) is 1.95. The van der Waals surface area contributed by atoms with Gasteiger partial charge in [0.05, 0.1) is 7.11 Å². The fraction of sp³-hybridized carbons (Fsp3) is 0.136. The summed E-state index contributed by atoms with van der Waals surface area (Å²) in [5.41, 5.74) is 4.07. The summed E-state index contributed by atoms with van der Waals surface area (Å²) >= 11 is 0. The third kappa shape index (κ3) is 4.34. The van der Waals surface area contributed by atoms with Crippen molar-refractivity contribution in [3.05, 3.63) is 72.3 Å². The Balaban J connectivity index is 2.09. The number of anilines is 1. The molecule has 0 spiro atoms. The van der Waals surface area contributed by atoms with Gasteiger partial charge in [-0.2, -0.15) is 13.2 Å². The highest BCUT2D eigenvalue weighted by molar-refractivity contribution is 5.99. The molecule has 0 aromatic heterocycles. The Morgan fingerprint density at radius 1 is 0.893 bits per heavy atom. The van der Waals surface area contributed by atoms with E-state index >= 15 is 0 Å². The average Bonchev–Trinajstić information content (AvgIpc) is 2.67. The molecule has 3 aromatic rings. The number of amides is 1. The van der Waals surface area contributed by atoms with Gasteiger partial charge < -0.3 is 10.1 Å². The third-order valence-corrected chi connectivity index (χ3v) is 4.24. The third-order valence-electron chi connectivity index (χ3n) is 4.24. The Labute approximate surface area is 160 Å². The van der Waals surface area contributed by atoms with Crippen LogP contribution in [0.2, 0.25) is 0 Å². The fourth-order valence-electron chi connectivity index (χ4n) is 2.90. The molecule has 0 bridgehead atoms. The second-order valence-corrected chi connectivity index (χ2v) is 6.32. The van der Waals surface area contributed by atoms with Crippen LogP contribution in [0.4, 0.5) is 18.9 Å². The van der Waals surface area contributed by atoms with Crippen molar-refractivity contribution in [2.24, 2.45) is 0 Å². The fourth-order valence-corrected chi connectivity index (χ4v) is 2.90. The number of alkyl halides is 3. The lowest BCUT2D eigenvalue weighted by molar-refractivity contribution is -0.167. The molecule has 1 amide bonds. The van der Waals surface area contributed by atoms with Crippen LogP contribution in [0.1, 0.15) is 5.56 Å². The summed E-state index contributed by atoms with van der Waals surface area (Å²) in [4.78, 5) is 11.4. The van der Waals surface area contributed by atoms with E-state index in [2.05, 4.69) is 0 Å². The van der Waals surface area contributed by atoms with Crippen LogP contribution in [0, 0.1) is 6.92 Å². The van der Waals surface area contributed by atoms with E-state index in [4.69, 9.17) is 4.74 Å². The topological polar surface area (TPSA) is 38.3 Å². The van der Waals surface area contributed by atoms with Crippen LogP contribution in [0.25, 0.3) is 22.3 Å². The number of carbonyl (C=O) groups is 1. The average molecular weight is 385 g/mol. The smallest absolute Gasteiger partial charge is 0.471 e. The number of hydrogen-bond acceptors (Lipinski definition) is 2. The van der Waals surface area contributed by atoms with Crippen LogP contribution in [-0.4, -0.2) is 19.2 Å². The molecule has 1 N–H and O–H groups in total. The minimum Gasteiger partial charge on any atom is -0.497 e. The number of nitrogens with one attached hydrogen (secondary N) is 1. The lowest BCUT2D eigenvalue weighted by atomic mass is 9.96. The van der Waals surface area contributed by atoms with Crippen LogP contribution in [0.5, 0.6) is 5.75 Å². The molecule has 144 valence electrons. The zero-order valence-corrected chi connectivity index (χ0v) is 15.3. The highest BCUT2D eigenvalue weighted by Crippen LogP contribution is 2.35. The summed E-state index contributed by atoms with van der Waals surface area (Å²) in [6, 6.07) is 19.7. The number of methoxy groups -OCH3 is 1. The summed E-state index contributed by atoms with van der Waals surface area (Å²) in [6.07, 6.45) is -4.96. The molecule has 0 aliphatic carbocycles. The number of para-hydroxylation sites is 1. The maximum absolute atomic E-state index is 12.7. The zero-order chi connectivity index (χ0) is 20.3. The van der Waals surface area contributed by atoms with Crippen LogP contribution < -0.4 is 10.1 Å². The molecule has 3 rings (SSSR count). The molecule has 3 nitrogen and oxygen atoms in total. The number of rotatable bonds is 4. The Morgan fingerprint density at radius 2 is 1.61 bits per heavy atom. The van der Waals surface area contributed by atoms with Crippen molar-refractivity contribution in [1.82, 2.24) is 0 Å². The molecule has 0 unspecified atom stereocenters. The van der Waals surface area contributed by atoms with Gasteiger partial charge >= 0.3 is 12.1 Å². The first-order chi connectivity index (χ1) is 13.3. The quantitative estimate of drug-likeness (QED) is 0.613. The van der Waals surface area contributed by atoms with Crippen molar-refractivity contribution < 1.29 is 22.7 Å². The Morgan fingerprint density at radius 3 is 2.29 bits per heavy atom. The van der Waals surface area contributed by atoms with E-state index in [0.717, 1.165) is 16.7 Å². The van der Waals surface area contributed by atoms with Crippen molar-refractivity contribution in [1.29, 1.82) is 0 Å². The van der Waals surface area contributed by atoms with Gasteiger partial charge in [-0.1, -0.05) is 48.0 Å². The molecule has 6 heteroatoms. The first-order valence-electron chi connectivity index (χ1n) is 8.51. The van der Waals surface area contributed by atoms with Crippen LogP contribution >= 0.6 is 0 Å². The van der Waals surface area contributed by atoms with E-state index in [-0.39, 0.29) is 5.69 Å². The van der Waals surface area contributed by atoms with Crippen molar-refractivity contribution >= 4 is 11.6 Å². The summed E-state index contributed by atoms with van der Waals surface area (Å²) in [5.74, 6) is -1.45. The Kier molecular flexibility index (Phi) is 5.40. The predicted molar refractivity (Wildman–Crippen MR) is 103 cm³/mol. The molecular weight excluding hydrogens is 367 g/mol. The normalized spacial score (nSPS) is 11.2. The second kappa shape index (κ2) is 7.76. The molecule has 0 saturated carbocycles. The molecule has 0 radical (unpaired) electrons. The molecule has 0 aliphatic rings. The molecule has 0 aliphatic heterocycles. The molecule has 0 atom stereocenters. The molecule has 3 aromatic carbocycles. The van der Waals surface area contributed by atoms with Gasteiger partial charge in [0.2, 0.25) is 0 Å². The van der Waals surface area contributed by atoms with Gasteiger partial charge in [-0.3, -0.25) is 4.79 Å². The highest BCUT2D eigenvalue weighted by atomic mass is 19.4. The second-order valence-electron chi connectivity index (χ2n) is 6.32. The molecular formula is C22H18F3NO2. The number of aryl methyl sites for hydroxylation is 1. The van der Waals surface area contributed by atoms with E-state index in [1.165, 1.54) is 13.2 Å². The lowest BCUT2D eigenvalue weighted by Crippen LogP contribution is -2.30. The number of carbonyl (C=O) groups excluding carboxylic acids is 1. The molecule has 0 heterocycles. The van der Waals surface area contributed by atoms with Crippen molar-refractivity contribution in [3.8, 4) is 28.0 Å². The van der Waals surface area contributed by atoms with Crippen molar-refractivity contribution in [3.63, 3.8) is 0 Å².